The highest BCUT2D eigenvalue weighted by Gasteiger charge is 2.04. The number of nitrogens with zero attached hydrogens (tertiary/aromatic N) is 1. The van der Waals surface area contributed by atoms with Gasteiger partial charge in [-0.05, 0) is 98.2 Å². The Hall–Kier alpha value is -2.62. The second-order valence-corrected chi connectivity index (χ2v) is 11.0. The molecule has 0 saturated carbocycles. The van der Waals surface area contributed by atoms with Crippen LogP contribution >= 0.6 is 12.6 Å². The summed E-state index contributed by atoms with van der Waals surface area (Å²) in [4.78, 5) is 4.63. The molecular weight excluding hydrogens is 531 g/mol. The molecule has 0 aliphatic carbocycles. The Kier molecular flexibility index (Phi) is 20.4. The molecule has 0 saturated heterocycles. The topological polar surface area (TPSA) is 22.1 Å². The van der Waals surface area contributed by atoms with E-state index in [4.69, 9.17) is 4.74 Å². The third-order valence-corrected chi connectivity index (χ3v) is 7.48. The van der Waals surface area contributed by atoms with Crippen LogP contribution < -0.4 is 10.4 Å². The molecule has 2 nitrogen and oxygen atoms in total. The lowest BCUT2D eigenvalue weighted by Crippen LogP contribution is -2.25. The van der Waals surface area contributed by atoms with Crippen molar-refractivity contribution in [2.75, 3.05) is 19.0 Å². The summed E-state index contributed by atoms with van der Waals surface area (Å²) in [5, 5.41) is 3.33. The molecular formula is C39H57NOS. The molecule has 0 radical (unpaired) electrons. The van der Waals surface area contributed by atoms with Gasteiger partial charge in [-0.15, -0.1) is 6.58 Å². The zero-order chi connectivity index (χ0) is 31.2. The quantitative estimate of drug-likeness (QED) is 0.109. The zero-order valence-electron chi connectivity index (χ0n) is 27.5. The minimum absolute atomic E-state index is 0.885. The molecule has 3 aromatic rings. The number of hydrogen-bond donors (Lipinski definition) is 1. The van der Waals surface area contributed by atoms with Crippen molar-refractivity contribution in [2.24, 2.45) is 0 Å². The lowest BCUT2D eigenvalue weighted by Gasteiger charge is -2.08. The molecule has 1 aromatic heterocycles. The predicted molar refractivity (Wildman–Crippen MR) is 192 cm³/mol. The van der Waals surface area contributed by atoms with Gasteiger partial charge in [0, 0.05) is 24.8 Å². The monoisotopic (exact) mass is 587 g/mol. The summed E-state index contributed by atoms with van der Waals surface area (Å²) in [6, 6.07) is 13.3. The van der Waals surface area contributed by atoms with Crippen molar-refractivity contribution in [3.05, 3.63) is 99.6 Å². The SMILES string of the molecule is C=CCCc1ccc2/c(=C/C(=C\C)CCc3ccc(C)cc3C)c(=C)cnc2c1.CC.CCCCCCOCCCS. The largest absolute Gasteiger partial charge is 0.381 e. The average molecular weight is 588 g/mol. The minimum atomic E-state index is 0.885. The lowest BCUT2D eigenvalue weighted by atomic mass is 9.97. The van der Waals surface area contributed by atoms with E-state index in [0.29, 0.717) is 0 Å². The summed E-state index contributed by atoms with van der Waals surface area (Å²) in [5.74, 6) is 0.939. The number of fused-ring (bicyclic) bond motifs is 1. The van der Waals surface area contributed by atoms with Gasteiger partial charge in [0.2, 0.25) is 0 Å². The van der Waals surface area contributed by atoms with Crippen LogP contribution in [-0.4, -0.2) is 24.0 Å². The van der Waals surface area contributed by atoms with Crippen molar-refractivity contribution < 1.29 is 4.74 Å². The van der Waals surface area contributed by atoms with Crippen LogP contribution in [0.3, 0.4) is 0 Å². The van der Waals surface area contributed by atoms with Crippen LogP contribution in [0.1, 0.15) is 94.9 Å². The molecule has 42 heavy (non-hydrogen) atoms. The highest BCUT2D eigenvalue weighted by molar-refractivity contribution is 7.80. The molecule has 3 heteroatoms. The van der Waals surface area contributed by atoms with Crippen LogP contribution in [-0.2, 0) is 17.6 Å². The number of pyridine rings is 1. The number of ether oxygens (including phenoxy) is 1. The van der Waals surface area contributed by atoms with Crippen molar-refractivity contribution in [1.29, 1.82) is 0 Å². The Morgan fingerprint density at radius 2 is 1.74 bits per heavy atom. The van der Waals surface area contributed by atoms with Gasteiger partial charge in [-0.1, -0.05) is 106 Å². The van der Waals surface area contributed by atoms with Crippen molar-refractivity contribution in [3.63, 3.8) is 0 Å². The molecule has 3 rings (SSSR count). The number of thiol groups is 1. The van der Waals surface area contributed by atoms with Crippen molar-refractivity contribution in [3.8, 4) is 0 Å². The Morgan fingerprint density at radius 1 is 0.976 bits per heavy atom. The molecule has 0 spiro atoms. The van der Waals surface area contributed by atoms with E-state index in [-0.39, 0.29) is 0 Å². The third kappa shape index (κ3) is 14.0. The van der Waals surface area contributed by atoms with E-state index < -0.39 is 0 Å². The summed E-state index contributed by atoms with van der Waals surface area (Å²) < 4.78 is 5.37. The number of aryl methyl sites for hydroxylation is 4. The second-order valence-electron chi connectivity index (χ2n) is 10.6. The summed E-state index contributed by atoms with van der Waals surface area (Å²) in [6.45, 7) is 22.6. The Morgan fingerprint density at radius 3 is 2.40 bits per heavy atom. The lowest BCUT2D eigenvalue weighted by molar-refractivity contribution is 0.131. The molecule has 0 aliphatic heterocycles. The van der Waals surface area contributed by atoms with Gasteiger partial charge in [0.1, 0.15) is 0 Å². The van der Waals surface area contributed by atoms with E-state index in [0.717, 1.165) is 61.8 Å². The Bertz CT molecular complexity index is 1320. The van der Waals surface area contributed by atoms with Gasteiger partial charge >= 0.3 is 0 Å². The molecule has 0 bridgehead atoms. The van der Waals surface area contributed by atoms with Crippen LogP contribution in [0.25, 0.3) is 23.6 Å². The van der Waals surface area contributed by atoms with Gasteiger partial charge in [0.15, 0.2) is 0 Å². The molecule has 0 N–H and O–H groups in total. The van der Waals surface area contributed by atoms with Gasteiger partial charge in [0.05, 0.1) is 5.52 Å². The molecule has 0 amide bonds. The first-order chi connectivity index (χ1) is 20.4. The van der Waals surface area contributed by atoms with Crippen LogP contribution in [0.5, 0.6) is 0 Å². The number of unbranched alkanes of at least 4 members (excludes halogenated alkanes) is 3. The first-order valence-electron chi connectivity index (χ1n) is 16.0. The maximum atomic E-state index is 5.37. The highest BCUT2D eigenvalue weighted by atomic mass is 32.1. The van der Waals surface area contributed by atoms with Crippen molar-refractivity contribution in [1.82, 2.24) is 4.98 Å². The summed E-state index contributed by atoms with van der Waals surface area (Å²) >= 11 is 4.10. The van der Waals surface area contributed by atoms with E-state index in [1.54, 1.807) is 0 Å². The number of rotatable bonds is 15. The molecule has 2 aromatic carbocycles. The summed E-state index contributed by atoms with van der Waals surface area (Å²) in [6.07, 6.45) is 18.7. The van der Waals surface area contributed by atoms with Crippen molar-refractivity contribution in [2.45, 2.75) is 99.3 Å². The van der Waals surface area contributed by atoms with E-state index in [1.165, 1.54) is 64.1 Å². The Balaban J connectivity index is 0.000000574. The van der Waals surface area contributed by atoms with Crippen LogP contribution in [0.4, 0.5) is 0 Å². The first-order valence-corrected chi connectivity index (χ1v) is 16.7. The molecule has 0 atom stereocenters. The smallest absolute Gasteiger partial charge is 0.0711 e. The predicted octanol–water partition coefficient (Wildman–Crippen LogP) is 9.67. The Labute approximate surface area is 263 Å². The number of benzene rings is 2. The maximum absolute atomic E-state index is 5.37. The van der Waals surface area contributed by atoms with E-state index in [9.17, 15) is 0 Å². The molecule has 230 valence electrons. The van der Waals surface area contributed by atoms with Gasteiger partial charge in [-0.25, -0.2) is 0 Å². The molecule has 0 fully saturated rings. The molecule has 1 heterocycles. The number of hydrogen-bond acceptors (Lipinski definition) is 3. The van der Waals surface area contributed by atoms with Crippen LogP contribution in [0.15, 0.2) is 66.9 Å². The van der Waals surface area contributed by atoms with Crippen molar-refractivity contribution >= 4 is 36.2 Å². The van der Waals surface area contributed by atoms with Gasteiger partial charge in [-0.2, -0.15) is 12.6 Å². The average Bonchev–Trinajstić information content (AvgIpc) is 3.00. The fraction of sp³-hybridized carbons (Fsp3) is 0.462. The van der Waals surface area contributed by atoms with Gasteiger partial charge < -0.3 is 4.74 Å². The summed E-state index contributed by atoms with van der Waals surface area (Å²) in [5.41, 5.74) is 7.78. The fourth-order valence-corrected chi connectivity index (χ4v) is 4.82. The van der Waals surface area contributed by atoms with Gasteiger partial charge in [0.25, 0.3) is 0 Å². The number of aromatic nitrogens is 1. The standard InChI is InChI=1S/C28H31N.C9H20OS.C2H6/c1-6-8-9-24-12-15-26-27(22(5)19-29-28(26)18-24)17-23(7-2)11-14-25-13-10-20(3)16-21(25)4;1-2-3-4-5-7-10-8-6-9-11;1-2/h6-7,10,12-13,15-19H,1,5,8-9,11,14H2,2-4H3;11H,2-9H2,1H3;1-2H3/b23-7-,27-17+;;. The molecule has 0 aliphatic rings. The zero-order valence-corrected chi connectivity index (χ0v) is 28.4. The van der Waals surface area contributed by atoms with E-state index in [1.807, 2.05) is 26.1 Å². The van der Waals surface area contributed by atoms with E-state index in [2.05, 4.69) is 107 Å². The van der Waals surface area contributed by atoms with E-state index >= 15 is 0 Å². The van der Waals surface area contributed by atoms with Crippen LogP contribution in [0, 0.1) is 13.8 Å². The minimum Gasteiger partial charge on any atom is -0.381 e. The second kappa shape index (κ2) is 22.9. The van der Waals surface area contributed by atoms with Gasteiger partial charge in [-0.3, -0.25) is 4.98 Å². The first kappa shape index (κ1) is 37.4. The number of allylic oxidation sites excluding steroid dienone is 3. The third-order valence-electron chi connectivity index (χ3n) is 7.17. The highest BCUT2D eigenvalue weighted by Crippen LogP contribution is 2.17. The summed E-state index contributed by atoms with van der Waals surface area (Å²) in [7, 11) is 0. The maximum Gasteiger partial charge on any atom is 0.0711 e. The normalized spacial score (nSPS) is 11.5. The van der Waals surface area contributed by atoms with Crippen LogP contribution in [0.2, 0.25) is 0 Å². The fourth-order valence-electron chi connectivity index (χ4n) is 4.69. The molecule has 0 unspecified atom stereocenters.